The molecule has 0 saturated carbocycles. The third kappa shape index (κ3) is 5.10. The molecular weight excluding hydrogens is 380 g/mol. The zero-order chi connectivity index (χ0) is 20.1. The van der Waals surface area contributed by atoms with Gasteiger partial charge in [-0.1, -0.05) is 17.7 Å². The molecule has 0 radical (unpaired) electrons. The second kappa shape index (κ2) is 8.89. The molecule has 2 aromatic carbocycles. The zero-order valence-electron chi connectivity index (χ0n) is 15.5. The maximum absolute atomic E-state index is 12.7. The first-order valence-electron chi connectivity index (χ1n) is 9.06. The quantitative estimate of drug-likeness (QED) is 0.631. The topological polar surface area (TPSA) is 75.7 Å². The molecule has 1 saturated heterocycles. The molecule has 3 rings (SSSR count). The summed E-state index contributed by atoms with van der Waals surface area (Å²) in [5.41, 5.74) is 1.03. The van der Waals surface area contributed by atoms with Crippen LogP contribution in [0.1, 0.15) is 40.5 Å². The number of nitrogens with one attached hydrogen (secondary N) is 1. The Morgan fingerprint density at radius 3 is 2.36 bits per heavy atom. The van der Waals surface area contributed by atoms with Gasteiger partial charge in [0.25, 0.3) is 11.8 Å². The van der Waals surface area contributed by atoms with Gasteiger partial charge >= 0.3 is 5.97 Å². The summed E-state index contributed by atoms with van der Waals surface area (Å²) in [6.07, 6.45) is 1.35. The highest BCUT2D eigenvalue weighted by Crippen LogP contribution is 2.19. The fourth-order valence-corrected chi connectivity index (χ4v) is 3.26. The van der Waals surface area contributed by atoms with E-state index in [0.29, 0.717) is 47.8 Å². The second-order valence-corrected chi connectivity index (χ2v) is 7.10. The molecule has 0 bridgehead atoms. The lowest BCUT2D eigenvalue weighted by Crippen LogP contribution is -2.46. The second-order valence-electron chi connectivity index (χ2n) is 6.67. The van der Waals surface area contributed by atoms with E-state index in [1.165, 1.54) is 6.92 Å². The zero-order valence-corrected chi connectivity index (χ0v) is 16.2. The van der Waals surface area contributed by atoms with Crippen LogP contribution in [0.15, 0.2) is 48.5 Å². The summed E-state index contributed by atoms with van der Waals surface area (Å²) in [5.74, 6) is -0.336. The van der Waals surface area contributed by atoms with Crippen molar-refractivity contribution in [3.05, 3.63) is 64.7 Å². The van der Waals surface area contributed by atoms with E-state index in [0.717, 1.165) is 0 Å². The summed E-state index contributed by atoms with van der Waals surface area (Å²) in [4.78, 5) is 37.8. The Bertz CT molecular complexity index is 874. The molecular formula is C21H21ClN2O4. The number of piperidine rings is 1. The normalized spacial score (nSPS) is 14.4. The minimum absolute atomic E-state index is 0.0135. The van der Waals surface area contributed by atoms with Crippen molar-refractivity contribution in [2.45, 2.75) is 25.8 Å². The Morgan fingerprint density at radius 2 is 1.71 bits per heavy atom. The summed E-state index contributed by atoms with van der Waals surface area (Å²) in [5, 5.41) is 3.59. The van der Waals surface area contributed by atoms with Crippen LogP contribution in [0.5, 0.6) is 5.75 Å². The molecule has 1 heterocycles. The maximum Gasteiger partial charge on any atom is 0.308 e. The Hall–Kier alpha value is -2.86. The number of ether oxygens (including phenoxy) is 1. The molecule has 0 atom stereocenters. The van der Waals surface area contributed by atoms with E-state index in [4.69, 9.17) is 16.3 Å². The van der Waals surface area contributed by atoms with Gasteiger partial charge in [0.15, 0.2) is 0 Å². The van der Waals surface area contributed by atoms with Crippen LogP contribution in [0, 0.1) is 0 Å². The predicted octanol–water partition coefficient (Wildman–Crippen LogP) is 3.30. The monoisotopic (exact) mass is 400 g/mol. The van der Waals surface area contributed by atoms with Gasteiger partial charge in [-0.3, -0.25) is 14.4 Å². The van der Waals surface area contributed by atoms with Gasteiger partial charge in [0.1, 0.15) is 5.75 Å². The van der Waals surface area contributed by atoms with E-state index < -0.39 is 5.97 Å². The van der Waals surface area contributed by atoms with Crippen molar-refractivity contribution in [2.75, 3.05) is 13.1 Å². The van der Waals surface area contributed by atoms with Crippen LogP contribution in [0.3, 0.4) is 0 Å². The molecule has 146 valence electrons. The number of hydrogen-bond donors (Lipinski definition) is 1. The fraction of sp³-hybridized carbons (Fsp3) is 0.286. The van der Waals surface area contributed by atoms with E-state index in [-0.39, 0.29) is 17.9 Å². The number of amides is 2. The van der Waals surface area contributed by atoms with Crippen molar-refractivity contribution in [1.82, 2.24) is 10.2 Å². The predicted molar refractivity (Wildman–Crippen MR) is 106 cm³/mol. The molecule has 28 heavy (non-hydrogen) atoms. The van der Waals surface area contributed by atoms with Crippen molar-refractivity contribution in [1.29, 1.82) is 0 Å². The number of nitrogens with zero attached hydrogens (tertiary/aromatic N) is 1. The van der Waals surface area contributed by atoms with Crippen LogP contribution >= 0.6 is 11.6 Å². The minimum atomic E-state index is -0.429. The molecule has 0 unspecified atom stereocenters. The number of likely N-dealkylation sites (tertiary alicyclic amines) is 1. The minimum Gasteiger partial charge on any atom is -0.427 e. The molecule has 0 spiro atoms. The number of carbonyl (C=O) groups is 3. The summed E-state index contributed by atoms with van der Waals surface area (Å²) >= 11 is 5.85. The first kappa shape index (κ1) is 19.9. The van der Waals surface area contributed by atoms with Gasteiger partial charge in [0, 0.05) is 42.2 Å². The van der Waals surface area contributed by atoms with Crippen LogP contribution in [-0.2, 0) is 4.79 Å². The number of hydrogen-bond acceptors (Lipinski definition) is 4. The third-order valence-electron chi connectivity index (χ3n) is 4.57. The van der Waals surface area contributed by atoms with Crippen LogP contribution in [0.25, 0.3) is 0 Å². The molecule has 1 fully saturated rings. The molecule has 1 aliphatic heterocycles. The molecule has 0 aliphatic carbocycles. The number of esters is 1. The van der Waals surface area contributed by atoms with E-state index in [1.54, 1.807) is 53.4 Å². The SMILES string of the molecule is CC(=O)Oc1cccc(C(=O)N2CCC(NC(=O)c3ccc(Cl)cc3)CC2)c1. The number of carbonyl (C=O) groups excluding carboxylic acids is 3. The van der Waals surface area contributed by atoms with Crippen molar-refractivity contribution in [2.24, 2.45) is 0 Å². The molecule has 6 nitrogen and oxygen atoms in total. The lowest BCUT2D eigenvalue weighted by atomic mass is 10.0. The van der Waals surface area contributed by atoms with Gasteiger partial charge in [-0.2, -0.15) is 0 Å². The van der Waals surface area contributed by atoms with Gasteiger partial charge in [-0.25, -0.2) is 0 Å². The first-order chi connectivity index (χ1) is 13.4. The van der Waals surface area contributed by atoms with Crippen LogP contribution in [0.2, 0.25) is 5.02 Å². The average molecular weight is 401 g/mol. The number of rotatable bonds is 4. The van der Waals surface area contributed by atoms with Gasteiger partial charge in [-0.05, 0) is 55.3 Å². The molecule has 7 heteroatoms. The molecule has 1 N–H and O–H groups in total. The summed E-state index contributed by atoms with van der Waals surface area (Å²) in [7, 11) is 0. The van der Waals surface area contributed by atoms with Gasteiger partial charge in [0.05, 0.1) is 0 Å². The summed E-state index contributed by atoms with van der Waals surface area (Å²) in [6, 6.07) is 13.3. The van der Waals surface area contributed by atoms with Crippen molar-refractivity contribution in [3.8, 4) is 5.75 Å². The number of halogens is 1. The molecule has 2 aromatic rings. The standard InChI is InChI=1S/C21H21ClN2O4/c1-14(25)28-19-4-2-3-16(13-19)21(27)24-11-9-18(10-12-24)23-20(26)15-5-7-17(22)8-6-15/h2-8,13,18H,9-12H2,1H3,(H,23,26). The highest BCUT2D eigenvalue weighted by molar-refractivity contribution is 6.30. The summed E-state index contributed by atoms with van der Waals surface area (Å²) < 4.78 is 5.04. The first-order valence-corrected chi connectivity index (χ1v) is 9.44. The Balaban J connectivity index is 1.54. The van der Waals surface area contributed by atoms with E-state index in [1.807, 2.05) is 0 Å². The fourth-order valence-electron chi connectivity index (χ4n) is 3.14. The van der Waals surface area contributed by atoms with E-state index in [2.05, 4.69) is 5.32 Å². The maximum atomic E-state index is 12.7. The van der Waals surface area contributed by atoms with Crippen LogP contribution < -0.4 is 10.1 Å². The van der Waals surface area contributed by atoms with Crippen molar-refractivity contribution < 1.29 is 19.1 Å². The highest BCUT2D eigenvalue weighted by Gasteiger charge is 2.25. The average Bonchev–Trinajstić information content (AvgIpc) is 2.68. The molecule has 2 amide bonds. The van der Waals surface area contributed by atoms with Crippen LogP contribution in [0.4, 0.5) is 0 Å². The van der Waals surface area contributed by atoms with Crippen molar-refractivity contribution >= 4 is 29.4 Å². The highest BCUT2D eigenvalue weighted by atomic mass is 35.5. The molecule has 1 aliphatic rings. The van der Waals surface area contributed by atoms with E-state index in [9.17, 15) is 14.4 Å². The Morgan fingerprint density at radius 1 is 1.04 bits per heavy atom. The van der Waals surface area contributed by atoms with E-state index >= 15 is 0 Å². The molecule has 0 aromatic heterocycles. The Labute approximate surface area is 168 Å². The van der Waals surface area contributed by atoms with Crippen molar-refractivity contribution in [3.63, 3.8) is 0 Å². The van der Waals surface area contributed by atoms with Crippen LogP contribution in [-0.4, -0.2) is 41.8 Å². The van der Waals surface area contributed by atoms with Gasteiger partial charge in [-0.15, -0.1) is 0 Å². The lowest BCUT2D eigenvalue weighted by Gasteiger charge is -2.32. The van der Waals surface area contributed by atoms with Gasteiger partial charge in [0.2, 0.25) is 0 Å². The third-order valence-corrected chi connectivity index (χ3v) is 4.82. The Kier molecular flexibility index (Phi) is 6.31. The largest absolute Gasteiger partial charge is 0.427 e. The lowest BCUT2D eigenvalue weighted by molar-refractivity contribution is -0.131. The number of benzene rings is 2. The summed E-state index contributed by atoms with van der Waals surface area (Å²) in [6.45, 7) is 2.40. The van der Waals surface area contributed by atoms with Gasteiger partial charge < -0.3 is 15.0 Å². The smallest absolute Gasteiger partial charge is 0.308 e.